The van der Waals surface area contributed by atoms with Crippen LogP contribution in [0.5, 0.6) is 0 Å². The molecule has 0 aliphatic rings. The summed E-state index contributed by atoms with van der Waals surface area (Å²) in [5.41, 5.74) is 0. The quantitative estimate of drug-likeness (QED) is 0.433. The van der Waals surface area contributed by atoms with E-state index in [1.54, 1.807) is 0 Å². The van der Waals surface area contributed by atoms with Crippen molar-refractivity contribution in [1.29, 1.82) is 0 Å². The van der Waals surface area contributed by atoms with Crippen LogP contribution in [0, 0.1) is 5.92 Å². The van der Waals surface area contributed by atoms with Gasteiger partial charge in [-0.15, -0.1) is 11.6 Å². The van der Waals surface area contributed by atoms with E-state index in [1.807, 2.05) is 0 Å². The number of alkyl halides is 1. The average Bonchev–Trinajstić information content (AvgIpc) is 1.87. The fraction of sp³-hybridized carbons (Fsp3) is 1.00. The SMILES string of the molecule is CC(C)CCOCCCCl. The zero-order valence-electron chi connectivity index (χ0n) is 6.90. The molecule has 2 heteroatoms. The van der Waals surface area contributed by atoms with Gasteiger partial charge in [0.2, 0.25) is 0 Å². The van der Waals surface area contributed by atoms with Gasteiger partial charge in [0, 0.05) is 19.1 Å². The largest absolute Gasteiger partial charge is 0.381 e. The number of halogens is 1. The van der Waals surface area contributed by atoms with Crippen LogP contribution in [0.15, 0.2) is 0 Å². The monoisotopic (exact) mass is 164 g/mol. The summed E-state index contributed by atoms with van der Waals surface area (Å²) in [6.07, 6.45) is 2.13. The molecule has 0 fully saturated rings. The first kappa shape index (κ1) is 10.2. The molecule has 1 nitrogen and oxygen atoms in total. The van der Waals surface area contributed by atoms with Crippen LogP contribution in [-0.4, -0.2) is 19.1 Å². The summed E-state index contributed by atoms with van der Waals surface area (Å²) in [6, 6.07) is 0. The van der Waals surface area contributed by atoms with Crippen molar-refractivity contribution in [3.63, 3.8) is 0 Å². The van der Waals surface area contributed by atoms with Crippen LogP contribution in [-0.2, 0) is 4.74 Å². The highest BCUT2D eigenvalue weighted by Crippen LogP contribution is 1.99. The Kier molecular flexibility index (Phi) is 7.54. The van der Waals surface area contributed by atoms with E-state index in [9.17, 15) is 0 Å². The number of hydrogen-bond acceptors (Lipinski definition) is 1. The minimum absolute atomic E-state index is 0.710. The maximum Gasteiger partial charge on any atom is 0.0477 e. The van der Waals surface area contributed by atoms with Crippen LogP contribution in [0.1, 0.15) is 26.7 Å². The predicted molar refractivity (Wildman–Crippen MR) is 45.6 cm³/mol. The third-order valence-electron chi connectivity index (χ3n) is 1.26. The lowest BCUT2D eigenvalue weighted by atomic mass is 10.1. The summed E-state index contributed by atoms with van der Waals surface area (Å²) in [4.78, 5) is 0. The van der Waals surface area contributed by atoms with Crippen molar-refractivity contribution >= 4 is 11.6 Å². The lowest BCUT2D eigenvalue weighted by Gasteiger charge is -2.04. The van der Waals surface area contributed by atoms with E-state index in [-0.39, 0.29) is 0 Å². The second-order valence-electron chi connectivity index (χ2n) is 2.84. The minimum atomic E-state index is 0.710. The molecule has 0 amide bonds. The Labute approximate surface area is 68.7 Å². The zero-order valence-corrected chi connectivity index (χ0v) is 7.66. The molecule has 0 aromatic rings. The number of hydrogen-bond donors (Lipinski definition) is 0. The van der Waals surface area contributed by atoms with Gasteiger partial charge in [0.15, 0.2) is 0 Å². The topological polar surface area (TPSA) is 9.23 Å². The maximum atomic E-state index is 5.46. The molecule has 0 N–H and O–H groups in total. The van der Waals surface area contributed by atoms with Crippen LogP contribution < -0.4 is 0 Å². The number of ether oxygens (including phenoxy) is 1. The summed E-state index contributed by atoms with van der Waals surface area (Å²) in [6.45, 7) is 6.10. The van der Waals surface area contributed by atoms with Crippen molar-refractivity contribution in [3.8, 4) is 0 Å². The second kappa shape index (κ2) is 7.36. The first-order valence-corrected chi connectivity index (χ1v) is 4.44. The van der Waals surface area contributed by atoms with Gasteiger partial charge in [0.05, 0.1) is 0 Å². The minimum Gasteiger partial charge on any atom is -0.381 e. The van der Waals surface area contributed by atoms with Crippen molar-refractivity contribution in [2.24, 2.45) is 5.92 Å². The highest BCUT2D eigenvalue weighted by Gasteiger charge is 1.92. The van der Waals surface area contributed by atoms with Gasteiger partial charge in [0.25, 0.3) is 0 Å². The van der Waals surface area contributed by atoms with E-state index in [0.29, 0.717) is 5.88 Å². The Bertz CT molecular complexity index is 64.3. The Morgan fingerprint density at radius 2 is 2.00 bits per heavy atom. The lowest BCUT2D eigenvalue weighted by molar-refractivity contribution is 0.124. The molecule has 0 aromatic carbocycles. The first-order chi connectivity index (χ1) is 4.77. The average molecular weight is 165 g/mol. The first-order valence-electron chi connectivity index (χ1n) is 3.91. The van der Waals surface area contributed by atoms with Gasteiger partial charge in [-0.05, 0) is 18.8 Å². The number of rotatable bonds is 6. The molecule has 0 heterocycles. The van der Waals surface area contributed by atoms with Crippen LogP contribution in [0.2, 0.25) is 0 Å². The van der Waals surface area contributed by atoms with Gasteiger partial charge in [0.1, 0.15) is 0 Å². The second-order valence-corrected chi connectivity index (χ2v) is 3.22. The lowest BCUT2D eigenvalue weighted by Crippen LogP contribution is -2.00. The highest BCUT2D eigenvalue weighted by atomic mass is 35.5. The Morgan fingerprint density at radius 1 is 1.30 bits per heavy atom. The fourth-order valence-corrected chi connectivity index (χ4v) is 0.687. The molecule has 0 aliphatic heterocycles. The molecule has 0 saturated carbocycles. The summed E-state index contributed by atoms with van der Waals surface area (Å²) >= 11 is 5.46. The van der Waals surface area contributed by atoms with E-state index in [0.717, 1.165) is 32.0 Å². The molecular formula is C8H17ClO. The van der Waals surface area contributed by atoms with Crippen LogP contribution >= 0.6 is 11.6 Å². The predicted octanol–water partition coefficient (Wildman–Crippen LogP) is 2.68. The van der Waals surface area contributed by atoms with E-state index < -0.39 is 0 Å². The molecule has 62 valence electrons. The maximum absolute atomic E-state index is 5.46. The van der Waals surface area contributed by atoms with Gasteiger partial charge in [-0.3, -0.25) is 0 Å². The van der Waals surface area contributed by atoms with Crippen molar-refractivity contribution in [2.45, 2.75) is 26.7 Å². The van der Waals surface area contributed by atoms with Crippen molar-refractivity contribution in [3.05, 3.63) is 0 Å². The van der Waals surface area contributed by atoms with Gasteiger partial charge in [-0.2, -0.15) is 0 Å². The van der Waals surface area contributed by atoms with E-state index in [1.165, 1.54) is 0 Å². The Balaban J connectivity index is 2.77. The standard InChI is InChI=1S/C8H17ClO/c1-8(2)4-7-10-6-3-5-9/h8H,3-7H2,1-2H3. The third-order valence-corrected chi connectivity index (χ3v) is 1.53. The normalized spacial score (nSPS) is 10.8. The summed E-state index contributed by atoms with van der Waals surface area (Å²) < 4.78 is 5.30. The molecule has 0 aromatic heterocycles. The molecule has 0 unspecified atom stereocenters. The van der Waals surface area contributed by atoms with Crippen LogP contribution in [0.25, 0.3) is 0 Å². The van der Waals surface area contributed by atoms with Crippen LogP contribution in [0.3, 0.4) is 0 Å². The molecule has 0 atom stereocenters. The molecule has 0 aliphatic carbocycles. The van der Waals surface area contributed by atoms with E-state index in [2.05, 4.69) is 13.8 Å². The van der Waals surface area contributed by atoms with Gasteiger partial charge in [-0.25, -0.2) is 0 Å². The van der Waals surface area contributed by atoms with Crippen molar-refractivity contribution in [2.75, 3.05) is 19.1 Å². The third kappa shape index (κ3) is 8.25. The molecule has 0 bridgehead atoms. The molecule has 0 rings (SSSR count). The molecule has 10 heavy (non-hydrogen) atoms. The highest BCUT2D eigenvalue weighted by molar-refractivity contribution is 6.17. The molecular weight excluding hydrogens is 148 g/mol. The Morgan fingerprint density at radius 3 is 2.50 bits per heavy atom. The van der Waals surface area contributed by atoms with Gasteiger partial charge in [-0.1, -0.05) is 13.8 Å². The van der Waals surface area contributed by atoms with Crippen LogP contribution in [0.4, 0.5) is 0 Å². The summed E-state index contributed by atoms with van der Waals surface area (Å²) in [5, 5.41) is 0. The molecule has 0 spiro atoms. The van der Waals surface area contributed by atoms with Gasteiger partial charge >= 0.3 is 0 Å². The zero-order chi connectivity index (χ0) is 7.82. The smallest absolute Gasteiger partial charge is 0.0477 e. The molecule has 0 saturated heterocycles. The summed E-state index contributed by atoms with van der Waals surface area (Å²) in [5.74, 6) is 1.46. The van der Waals surface area contributed by atoms with Gasteiger partial charge < -0.3 is 4.74 Å². The van der Waals surface area contributed by atoms with E-state index in [4.69, 9.17) is 16.3 Å². The summed E-state index contributed by atoms with van der Waals surface area (Å²) in [7, 11) is 0. The fourth-order valence-electron chi connectivity index (χ4n) is 0.578. The van der Waals surface area contributed by atoms with Crippen molar-refractivity contribution in [1.82, 2.24) is 0 Å². The Hall–Kier alpha value is 0.250. The van der Waals surface area contributed by atoms with E-state index >= 15 is 0 Å². The van der Waals surface area contributed by atoms with Crippen molar-refractivity contribution < 1.29 is 4.74 Å². The molecule has 0 radical (unpaired) electrons.